The quantitative estimate of drug-likeness (QED) is 0.620. The van der Waals surface area contributed by atoms with Gasteiger partial charge in [-0.3, -0.25) is 19.6 Å². The number of nitro benzene ring substituents is 1. The number of nitrogens with one attached hydrogen (secondary N) is 1. The van der Waals surface area contributed by atoms with Crippen LogP contribution in [0.3, 0.4) is 0 Å². The Labute approximate surface area is 154 Å². The van der Waals surface area contributed by atoms with Gasteiger partial charge in [-0.25, -0.2) is 12.8 Å². The van der Waals surface area contributed by atoms with Gasteiger partial charge >= 0.3 is 0 Å². The predicted octanol–water partition coefficient (Wildman–Crippen LogP) is 2.77. The fourth-order valence-corrected chi connectivity index (χ4v) is 4.14. The molecule has 0 spiro atoms. The van der Waals surface area contributed by atoms with Crippen LogP contribution in [0.25, 0.3) is 0 Å². The fourth-order valence-electron chi connectivity index (χ4n) is 2.91. The van der Waals surface area contributed by atoms with Gasteiger partial charge in [0.1, 0.15) is 5.82 Å². The molecular formula is C17H16FN3O5S. The molecule has 1 aliphatic rings. The van der Waals surface area contributed by atoms with Crippen molar-refractivity contribution >= 4 is 27.3 Å². The van der Waals surface area contributed by atoms with E-state index in [1.165, 1.54) is 18.2 Å². The molecule has 1 fully saturated rings. The Balaban J connectivity index is 1.98. The molecular weight excluding hydrogens is 377 g/mol. The molecule has 0 aliphatic carbocycles. The van der Waals surface area contributed by atoms with Gasteiger partial charge < -0.3 is 4.90 Å². The summed E-state index contributed by atoms with van der Waals surface area (Å²) in [4.78, 5) is 23.7. The molecule has 0 saturated carbocycles. The lowest BCUT2D eigenvalue weighted by Gasteiger charge is -2.18. The topological polar surface area (TPSA) is 110 Å². The van der Waals surface area contributed by atoms with Gasteiger partial charge in [-0.15, -0.1) is 0 Å². The van der Waals surface area contributed by atoms with Gasteiger partial charge in [0.25, 0.3) is 21.6 Å². The number of para-hydroxylation sites is 1. The molecule has 0 radical (unpaired) electrons. The van der Waals surface area contributed by atoms with Crippen LogP contribution in [-0.4, -0.2) is 37.2 Å². The second kappa shape index (κ2) is 7.31. The number of carbonyl (C=O) groups is 1. The minimum absolute atomic E-state index is 0.00743. The number of nitro groups is 1. The third kappa shape index (κ3) is 3.90. The van der Waals surface area contributed by atoms with Crippen molar-refractivity contribution in [3.05, 3.63) is 64.0 Å². The van der Waals surface area contributed by atoms with Crippen molar-refractivity contribution in [3.8, 4) is 0 Å². The second-order valence-electron chi connectivity index (χ2n) is 6.02. The molecule has 0 unspecified atom stereocenters. The number of benzene rings is 2. The van der Waals surface area contributed by atoms with Crippen LogP contribution in [0.5, 0.6) is 0 Å². The van der Waals surface area contributed by atoms with E-state index in [9.17, 15) is 27.7 Å². The van der Waals surface area contributed by atoms with Crippen molar-refractivity contribution in [1.29, 1.82) is 0 Å². The smallest absolute Gasteiger partial charge is 0.292 e. The van der Waals surface area contributed by atoms with E-state index in [0.717, 1.165) is 25.0 Å². The summed E-state index contributed by atoms with van der Waals surface area (Å²) in [5, 5.41) is 11.1. The van der Waals surface area contributed by atoms with E-state index in [-0.39, 0.29) is 17.2 Å². The second-order valence-corrected chi connectivity index (χ2v) is 7.67. The average Bonchev–Trinajstić information content (AvgIpc) is 3.15. The Kier molecular flexibility index (Phi) is 5.08. The van der Waals surface area contributed by atoms with Gasteiger partial charge in [0.2, 0.25) is 0 Å². The van der Waals surface area contributed by atoms with Crippen molar-refractivity contribution in [2.45, 2.75) is 17.7 Å². The van der Waals surface area contributed by atoms with Crippen LogP contribution in [0.2, 0.25) is 0 Å². The largest absolute Gasteiger partial charge is 0.339 e. The van der Waals surface area contributed by atoms with E-state index < -0.39 is 31.3 Å². The molecule has 1 N–H and O–H groups in total. The number of carbonyl (C=O) groups excluding carboxylic acids is 1. The number of rotatable bonds is 5. The number of halogens is 1. The summed E-state index contributed by atoms with van der Waals surface area (Å²) in [5.41, 5.74) is -0.730. The highest BCUT2D eigenvalue weighted by molar-refractivity contribution is 7.92. The number of amides is 1. The Morgan fingerprint density at radius 3 is 2.48 bits per heavy atom. The van der Waals surface area contributed by atoms with Crippen LogP contribution < -0.4 is 4.72 Å². The number of likely N-dealkylation sites (tertiary alicyclic amines) is 1. The van der Waals surface area contributed by atoms with E-state index in [2.05, 4.69) is 4.72 Å². The summed E-state index contributed by atoms with van der Waals surface area (Å²) in [7, 11) is -4.41. The third-order valence-electron chi connectivity index (χ3n) is 4.20. The number of hydrogen-bond acceptors (Lipinski definition) is 5. The Morgan fingerprint density at radius 1 is 1.15 bits per heavy atom. The summed E-state index contributed by atoms with van der Waals surface area (Å²) in [6.45, 7) is 1.17. The highest BCUT2D eigenvalue weighted by atomic mass is 32.2. The number of hydrogen-bond donors (Lipinski definition) is 1. The van der Waals surface area contributed by atoms with E-state index in [4.69, 9.17) is 0 Å². The molecule has 0 atom stereocenters. The minimum atomic E-state index is -4.41. The first-order valence-corrected chi connectivity index (χ1v) is 9.63. The molecule has 1 amide bonds. The van der Waals surface area contributed by atoms with Crippen LogP contribution in [0.4, 0.5) is 15.8 Å². The molecule has 0 aromatic heterocycles. The summed E-state index contributed by atoms with van der Waals surface area (Å²) in [6.07, 6.45) is 1.75. The Hall–Kier alpha value is -3.01. The Bertz CT molecular complexity index is 1000. The van der Waals surface area contributed by atoms with Gasteiger partial charge in [-0.1, -0.05) is 12.1 Å². The van der Waals surface area contributed by atoms with E-state index in [1.54, 1.807) is 11.0 Å². The van der Waals surface area contributed by atoms with Crippen molar-refractivity contribution in [2.75, 3.05) is 17.8 Å². The summed E-state index contributed by atoms with van der Waals surface area (Å²) >= 11 is 0. The van der Waals surface area contributed by atoms with Crippen LogP contribution in [-0.2, 0) is 10.0 Å². The molecule has 142 valence electrons. The summed E-state index contributed by atoms with van der Waals surface area (Å²) in [6, 6.07) is 8.20. The number of sulfonamides is 1. The maximum atomic E-state index is 13.3. The molecule has 0 bridgehead atoms. The van der Waals surface area contributed by atoms with Crippen molar-refractivity contribution in [3.63, 3.8) is 0 Å². The molecule has 1 heterocycles. The van der Waals surface area contributed by atoms with E-state index in [0.29, 0.717) is 19.2 Å². The lowest BCUT2D eigenvalue weighted by atomic mass is 10.1. The monoisotopic (exact) mass is 393 g/mol. The average molecular weight is 393 g/mol. The van der Waals surface area contributed by atoms with E-state index in [1.807, 2.05) is 0 Å². The molecule has 2 aromatic carbocycles. The normalized spacial score (nSPS) is 14.2. The highest BCUT2D eigenvalue weighted by Crippen LogP contribution is 2.28. The number of nitrogens with zero attached hydrogens (tertiary/aromatic N) is 2. The standard InChI is InChI=1S/C17H16FN3O5S/c18-12-7-8-16(15(11-12)21(23)24)27(25,26)19-14-6-2-1-5-13(14)17(22)20-9-3-4-10-20/h1-2,5-8,11,19H,3-4,9-10H2. The first-order valence-electron chi connectivity index (χ1n) is 8.14. The maximum absolute atomic E-state index is 13.3. The van der Waals surface area contributed by atoms with Crippen LogP contribution in [0.1, 0.15) is 23.2 Å². The molecule has 10 heteroatoms. The molecule has 3 rings (SSSR count). The third-order valence-corrected chi connectivity index (χ3v) is 5.62. The predicted molar refractivity (Wildman–Crippen MR) is 95.4 cm³/mol. The number of anilines is 1. The molecule has 1 saturated heterocycles. The lowest BCUT2D eigenvalue weighted by Crippen LogP contribution is -2.29. The van der Waals surface area contributed by atoms with Crippen LogP contribution in [0.15, 0.2) is 47.4 Å². The van der Waals surface area contributed by atoms with Gasteiger partial charge in [-0.2, -0.15) is 0 Å². The van der Waals surface area contributed by atoms with Crippen molar-refractivity contribution in [2.24, 2.45) is 0 Å². The lowest BCUT2D eigenvalue weighted by molar-refractivity contribution is -0.388. The molecule has 8 nitrogen and oxygen atoms in total. The zero-order chi connectivity index (χ0) is 19.6. The summed E-state index contributed by atoms with van der Waals surface area (Å²) in [5.74, 6) is -1.25. The maximum Gasteiger partial charge on any atom is 0.292 e. The highest BCUT2D eigenvalue weighted by Gasteiger charge is 2.29. The minimum Gasteiger partial charge on any atom is -0.339 e. The molecule has 2 aromatic rings. The first-order chi connectivity index (χ1) is 12.8. The molecule has 1 aliphatic heterocycles. The van der Waals surface area contributed by atoms with Gasteiger partial charge in [0, 0.05) is 13.1 Å². The van der Waals surface area contributed by atoms with Gasteiger partial charge in [-0.05, 0) is 37.1 Å². The Morgan fingerprint density at radius 2 is 1.81 bits per heavy atom. The molecule has 27 heavy (non-hydrogen) atoms. The van der Waals surface area contributed by atoms with Crippen molar-refractivity contribution < 1.29 is 22.5 Å². The SMILES string of the molecule is O=C(c1ccccc1NS(=O)(=O)c1ccc(F)cc1[N+](=O)[O-])N1CCCC1. The van der Waals surface area contributed by atoms with Crippen LogP contribution >= 0.6 is 0 Å². The zero-order valence-electron chi connectivity index (χ0n) is 14.1. The summed E-state index contributed by atoms with van der Waals surface area (Å²) < 4.78 is 40.9. The van der Waals surface area contributed by atoms with Crippen LogP contribution in [0, 0.1) is 15.9 Å². The fraction of sp³-hybridized carbons (Fsp3) is 0.235. The van der Waals surface area contributed by atoms with E-state index >= 15 is 0 Å². The van der Waals surface area contributed by atoms with Gasteiger partial charge in [0.05, 0.1) is 22.2 Å². The van der Waals surface area contributed by atoms with Gasteiger partial charge in [0.15, 0.2) is 4.90 Å². The van der Waals surface area contributed by atoms with Crippen molar-refractivity contribution in [1.82, 2.24) is 4.90 Å². The zero-order valence-corrected chi connectivity index (χ0v) is 14.9. The first kappa shape index (κ1) is 18.8.